The van der Waals surface area contributed by atoms with E-state index in [1.807, 2.05) is 0 Å². The Labute approximate surface area is 90.4 Å². The predicted octanol–water partition coefficient (Wildman–Crippen LogP) is -0.612. The average molecular weight is 267 g/mol. The lowest BCUT2D eigenvalue weighted by Gasteiger charge is -2.02. The van der Waals surface area contributed by atoms with E-state index < -0.39 is 35.9 Å². The number of nitrogens with zero attached hydrogens (tertiary/aromatic N) is 1. The van der Waals surface area contributed by atoms with Crippen LogP contribution < -0.4 is 0 Å². The molecule has 0 saturated heterocycles. The summed E-state index contributed by atoms with van der Waals surface area (Å²) < 4.78 is 60.0. The Kier molecular flexibility index (Phi) is 3.10. The van der Waals surface area contributed by atoms with Crippen LogP contribution in [0.1, 0.15) is 10.4 Å². The molecule has 1 aromatic heterocycles. The van der Waals surface area contributed by atoms with Gasteiger partial charge >= 0.3 is 20.2 Å². The zero-order valence-corrected chi connectivity index (χ0v) is 9.06. The summed E-state index contributed by atoms with van der Waals surface area (Å²) in [6.07, 6.45) is 0.0733. The lowest BCUT2D eigenvalue weighted by molar-refractivity contribution is 0.111. The van der Waals surface area contributed by atoms with Gasteiger partial charge in [0.15, 0.2) is 16.3 Å². The second-order valence-corrected chi connectivity index (χ2v) is 5.32. The maximum atomic E-state index is 10.7. The highest BCUT2D eigenvalue weighted by Crippen LogP contribution is 2.14. The Bertz CT molecular complexity index is 631. The van der Waals surface area contributed by atoms with Gasteiger partial charge < -0.3 is 0 Å². The van der Waals surface area contributed by atoms with Crippen LogP contribution in [0.4, 0.5) is 0 Å². The van der Waals surface area contributed by atoms with Crippen molar-refractivity contribution >= 4 is 26.5 Å². The molecule has 10 heteroatoms. The van der Waals surface area contributed by atoms with Crippen LogP contribution in [0.25, 0.3) is 0 Å². The van der Waals surface area contributed by atoms with Gasteiger partial charge in [-0.2, -0.15) is 16.8 Å². The van der Waals surface area contributed by atoms with Crippen LogP contribution in [-0.4, -0.2) is 37.2 Å². The van der Waals surface area contributed by atoms with E-state index in [0.29, 0.717) is 0 Å². The fraction of sp³-hybridized carbons (Fsp3) is 0. The Morgan fingerprint density at radius 1 is 1.06 bits per heavy atom. The first-order valence-corrected chi connectivity index (χ1v) is 6.45. The van der Waals surface area contributed by atoms with E-state index >= 15 is 0 Å². The lowest BCUT2D eigenvalue weighted by atomic mass is 10.3. The summed E-state index contributed by atoms with van der Waals surface area (Å²) in [6.45, 7) is 0. The van der Waals surface area contributed by atoms with Gasteiger partial charge in [0, 0.05) is 0 Å². The number of aldehydes is 1. The minimum atomic E-state index is -4.85. The van der Waals surface area contributed by atoms with Crippen molar-refractivity contribution in [2.75, 3.05) is 0 Å². The van der Waals surface area contributed by atoms with E-state index in [4.69, 9.17) is 9.11 Å². The fourth-order valence-electron chi connectivity index (χ4n) is 0.874. The second kappa shape index (κ2) is 3.90. The highest BCUT2D eigenvalue weighted by molar-refractivity contribution is 7.86. The molecule has 2 N–H and O–H groups in total. The molecule has 0 unspecified atom stereocenters. The summed E-state index contributed by atoms with van der Waals surface area (Å²) in [6, 6.07) is 1.53. The Morgan fingerprint density at radius 3 is 2.00 bits per heavy atom. The third-order valence-corrected chi connectivity index (χ3v) is 3.07. The number of hydrogen-bond donors (Lipinski definition) is 2. The SMILES string of the molecule is O=Cc1ccc(S(=O)(=O)O)nc1S(=O)(=O)O. The van der Waals surface area contributed by atoms with Gasteiger partial charge in [-0.3, -0.25) is 13.9 Å². The van der Waals surface area contributed by atoms with E-state index in [1.165, 1.54) is 0 Å². The van der Waals surface area contributed by atoms with E-state index in [-0.39, 0.29) is 6.29 Å². The molecule has 88 valence electrons. The highest BCUT2D eigenvalue weighted by Gasteiger charge is 2.21. The van der Waals surface area contributed by atoms with Crippen molar-refractivity contribution in [3.05, 3.63) is 17.7 Å². The molecule has 0 aromatic carbocycles. The van der Waals surface area contributed by atoms with Gasteiger partial charge in [0.05, 0.1) is 5.56 Å². The number of aromatic nitrogens is 1. The van der Waals surface area contributed by atoms with Crippen molar-refractivity contribution in [1.82, 2.24) is 4.98 Å². The van der Waals surface area contributed by atoms with Crippen LogP contribution in [0.15, 0.2) is 22.2 Å². The minimum Gasteiger partial charge on any atom is -0.298 e. The molecule has 16 heavy (non-hydrogen) atoms. The van der Waals surface area contributed by atoms with Crippen LogP contribution >= 0.6 is 0 Å². The summed E-state index contributed by atoms with van der Waals surface area (Å²) in [5.74, 6) is 0. The van der Waals surface area contributed by atoms with Crippen LogP contribution in [0.5, 0.6) is 0 Å². The van der Waals surface area contributed by atoms with E-state index in [0.717, 1.165) is 12.1 Å². The standard InChI is InChI=1S/C6H5NO7S2/c8-3-4-1-2-5(15(9,10)11)7-6(4)16(12,13)14/h1-3H,(H,9,10,11)(H,12,13,14). The summed E-state index contributed by atoms with van der Waals surface area (Å²) in [5.41, 5.74) is -0.519. The van der Waals surface area contributed by atoms with Gasteiger partial charge in [-0.1, -0.05) is 0 Å². The number of hydrogen-bond acceptors (Lipinski definition) is 6. The molecule has 8 nitrogen and oxygen atoms in total. The second-order valence-electron chi connectivity index (χ2n) is 2.61. The van der Waals surface area contributed by atoms with Gasteiger partial charge in [0.2, 0.25) is 0 Å². The molecule has 0 amide bonds. The van der Waals surface area contributed by atoms with Gasteiger partial charge in [-0.05, 0) is 12.1 Å². The molecular formula is C6H5NO7S2. The zero-order chi connectivity index (χ0) is 12.6. The number of carbonyl (C=O) groups excluding carboxylic acids is 1. The Hall–Kier alpha value is -1.36. The topological polar surface area (TPSA) is 139 Å². The molecule has 1 heterocycles. The molecule has 0 spiro atoms. The molecule has 0 radical (unpaired) electrons. The molecule has 0 atom stereocenters. The number of carbonyl (C=O) groups is 1. The summed E-state index contributed by atoms with van der Waals surface area (Å²) in [5, 5.41) is -2.11. The van der Waals surface area contributed by atoms with Gasteiger partial charge in [-0.15, -0.1) is 0 Å². The van der Waals surface area contributed by atoms with Crippen LogP contribution in [0.3, 0.4) is 0 Å². The van der Waals surface area contributed by atoms with Gasteiger partial charge in [0.25, 0.3) is 0 Å². The van der Waals surface area contributed by atoms with Crippen molar-refractivity contribution in [3.63, 3.8) is 0 Å². The predicted molar refractivity (Wildman–Crippen MR) is 49.3 cm³/mol. The summed E-state index contributed by atoms with van der Waals surface area (Å²) in [7, 11) is -9.56. The van der Waals surface area contributed by atoms with Crippen molar-refractivity contribution in [1.29, 1.82) is 0 Å². The van der Waals surface area contributed by atoms with Crippen LogP contribution in [-0.2, 0) is 20.2 Å². The average Bonchev–Trinajstić information content (AvgIpc) is 2.14. The third-order valence-electron chi connectivity index (χ3n) is 1.50. The molecular weight excluding hydrogens is 262 g/mol. The van der Waals surface area contributed by atoms with Crippen molar-refractivity contribution < 1.29 is 30.7 Å². The first kappa shape index (κ1) is 12.7. The van der Waals surface area contributed by atoms with E-state index in [1.54, 1.807) is 0 Å². The minimum absolute atomic E-state index is 0.0733. The Balaban J connectivity index is 3.65. The largest absolute Gasteiger partial charge is 0.312 e. The van der Waals surface area contributed by atoms with Crippen molar-refractivity contribution in [3.8, 4) is 0 Å². The first-order chi connectivity index (χ1) is 7.16. The van der Waals surface area contributed by atoms with Gasteiger partial charge in [0.1, 0.15) is 0 Å². The molecule has 0 aliphatic heterocycles. The van der Waals surface area contributed by atoms with E-state index in [9.17, 15) is 21.6 Å². The molecule has 0 bridgehead atoms. The molecule has 1 rings (SSSR count). The molecule has 0 aliphatic rings. The first-order valence-electron chi connectivity index (χ1n) is 3.57. The fourth-order valence-corrected chi connectivity index (χ4v) is 2.01. The smallest absolute Gasteiger partial charge is 0.298 e. The molecule has 0 fully saturated rings. The van der Waals surface area contributed by atoms with Gasteiger partial charge in [-0.25, -0.2) is 4.98 Å². The molecule has 0 saturated carbocycles. The van der Waals surface area contributed by atoms with E-state index in [2.05, 4.69) is 4.98 Å². The highest BCUT2D eigenvalue weighted by atomic mass is 32.2. The maximum Gasteiger partial charge on any atom is 0.312 e. The normalized spacial score (nSPS) is 12.4. The molecule has 0 aliphatic carbocycles. The lowest BCUT2D eigenvalue weighted by Crippen LogP contribution is -2.10. The Morgan fingerprint density at radius 2 is 1.62 bits per heavy atom. The van der Waals surface area contributed by atoms with Crippen molar-refractivity contribution in [2.24, 2.45) is 0 Å². The number of rotatable bonds is 3. The summed E-state index contributed by atoms with van der Waals surface area (Å²) in [4.78, 5) is 13.4. The monoisotopic (exact) mass is 267 g/mol. The maximum absolute atomic E-state index is 10.7. The molecule has 1 aromatic rings. The third kappa shape index (κ3) is 2.61. The quantitative estimate of drug-likeness (QED) is 0.546. The summed E-state index contributed by atoms with van der Waals surface area (Å²) >= 11 is 0. The van der Waals surface area contributed by atoms with Crippen LogP contribution in [0, 0.1) is 0 Å². The number of pyridine rings is 1. The van der Waals surface area contributed by atoms with Crippen molar-refractivity contribution in [2.45, 2.75) is 10.1 Å². The zero-order valence-electron chi connectivity index (χ0n) is 7.43. The van der Waals surface area contributed by atoms with Crippen LogP contribution in [0.2, 0.25) is 0 Å².